The maximum atomic E-state index is 13.2. The molecule has 1 aromatic heterocycles. The molecule has 5 nitrogen and oxygen atoms in total. The van der Waals surface area contributed by atoms with Crippen LogP contribution in [-0.4, -0.2) is 41.3 Å². The second-order valence-corrected chi connectivity index (χ2v) is 7.78. The molecule has 6 heteroatoms. The molecular formula is C22H24FN3O2. The van der Waals surface area contributed by atoms with Gasteiger partial charge in [-0.15, -0.1) is 0 Å². The van der Waals surface area contributed by atoms with Gasteiger partial charge in [-0.05, 0) is 61.4 Å². The lowest BCUT2D eigenvalue weighted by molar-refractivity contribution is -0.123. The highest BCUT2D eigenvalue weighted by molar-refractivity contribution is 5.94. The lowest BCUT2D eigenvalue weighted by Crippen LogP contribution is -2.43. The molecule has 1 aromatic carbocycles. The van der Waals surface area contributed by atoms with E-state index in [0.717, 1.165) is 31.2 Å². The van der Waals surface area contributed by atoms with Crippen LogP contribution in [0.5, 0.6) is 0 Å². The van der Waals surface area contributed by atoms with Crippen molar-refractivity contribution < 1.29 is 14.0 Å². The van der Waals surface area contributed by atoms with E-state index in [1.807, 2.05) is 4.90 Å². The summed E-state index contributed by atoms with van der Waals surface area (Å²) in [7, 11) is 0. The van der Waals surface area contributed by atoms with E-state index >= 15 is 0 Å². The quantitative estimate of drug-likeness (QED) is 0.866. The number of rotatable bonds is 5. The molecule has 1 saturated carbocycles. The smallest absolute Gasteiger partial charge is 0.255 e. The van der Waals surface area contributed by atoms with Crippen LogP contribution in [-0.2, 0) is 10.2 Å². The highest BCUT2D eigenvalue weighted by Gasteiger charge is 2.51. The van der Waals surface area contributed by atoms with Gasteiger partial charge in [0.15, 0.2) is 0 Å². The molecule has 1 N–H and O–H groups in total. The summed E-state index contributed by atoms with van der Waals surface area (Å²) in [6.45, 7) is 2.01. The molecule has 0 unspecified atom stereocenters. The molecule has 0 atom stereocenters. The van der Waals surface area contributed by atoms with Gasteiger partial charge < -0.3 is 10.2 Å². The lowest BCUT2D eigenvalue weighted by atomic mass is 9.93. The molecule has 2 amide bonds. The maximum Gasteiger partial charge on any atom is 0.255 e. The molecule has 1 aliphatic carbocycles. The van der Waals surface area contributed by atoms with Gasteiger partial charge in [0.1, 0.15) is 5.82 Å². The molecule has 2 heterocycles. The zero-order chi connectivity index (χ0) is 19.6. The van der Waals surface area contributed by atoms with Crippen LogP contribution in [0, 0.1) is 11.7 Å². The molecule has 0 radical (unpaired) electrons. The van der Waals surface area contributed by atoms with Gasteiger partial charge in [0.05, 0.1) is 11.0 Å². The van der Waals surface area contributed by atoms with Crippen LogP contribution >= 0.6 is 0 Å². The van der Waals surface area contributed by atoms with E-state index in [4.69, 9.17) is 0 Å². The van der Waals surface area contributed by atoms with Gasteiger partial charge in [-0.2, -0.15) is 0 Å². The summed E-state index contributed by atoms with van der Waals surface area (Å²) >= 11 is 0. The minimum atomic E-state index is -0.481. The number of amides is 2. The Bertz CT molecular complexity index is 842. The Morgan fingerprint density at radius 1 is 1.14 bits per heavy atom. The fourth-order valence-electron chi connectivity index (χ4n) is 3.96. The fraction of sp³-hybridized carbons (Fsp3) is 0.409. The summed E-state index contributed by atoms with van der Waals surface area (Å²) < 4.78 is 13.2. The lowest BCUT2D eigenvalue weighted by Gasteiger charge is -2.32. The summed E-state index contributed by atoms with van der Waals surface area (Å²) in [5.41, 5.74) is 1.03. The first-order valence-electron chi connectivity index (χ1n) is 9.82. The van der Waals surface area contributed by atoms with Crippen molar-refractivity contribution in [1.82, 2.24) is 15.2 Å². The van der Waals surface area contributed by atoms with Crippen molar-refractivity contribution in [2.24, 2.45) is 5.92 Å². The minimum absolute atomic E-state index is 0.0174. The van der Waals surface area contributed by atoms with Gasteiger partial charge in [-0.3, -0.25) is 14.6 Å². The first kappa shape index (κ1) is 18.6. The third kappa shape index (κ3) is 3.77. The van der Waals surface area contributed by atoms with E-state index < -0.39 is 5.41 Å². The Morgan fingerprint density at radius 2 is 1.86 bits per heavy atom. The van der Waals surface area contributed by atoms with Crippen molar-refractivity contribution in [2.75, 3.05) is 19.6 Å². The van der Waals surface area contributed by atoms with Gasteiger partial charge in [-0.25, -0.2) is 4.39 Å². The number of piperidine rings is 1. The summed E-state index contributed by atoms with van der Waals surface area (Å²) in [5, 5.41) is 3.10. The highest BCUT2D eigenvalue weighted by Crippen LogP contribution is 2.48. The van der Waals surface area contributed by atoms with Crippen LogP contribution < -0.4 is 5.32 Å². The number of hydrogen-bond acceptors (Lipinski definition) is 3. The predicted molar refractivity (Wildman–Crippen MR) is 103 cm³/mol. The molecule has 0 bridgehead atoms. The number of halogens is 1. The molecular weight excluding hydrogens is 357 g/mol. The molecule has 2 aromatic rings. The van der Waals surface area contributed by atoms with E-state index in [1.54, 1.807) is 36.7 Å². The van der Waals surface area contributed by atoms with Crippen LogP contribution in [0.1, 0.15) is 41.6 Å². The number of carbonyl (C=O) groups excluding carboxylic acids is 2. The van der Waals surface area contributed by atoms with E-state index in [9.17, 15) is 14.0 Å². The molecule has 146 valence electrons. The van der Waals surface area contributed by atoms with E-state index in [-0.39, 0.29) is 17.6 Å². The normalized spacial score (nSPS) is 18.5. The molecule has 2 fully saturated rings. The van der Waals surface area contributed by atoms with Gasteiger partial charge in [0.25, 0.3) is 5.91 Å². The average molecular weight is 381 g/mol. The number of pyridine rings is 1. The standard InChI is InChI=1S/C22H24FN3O2/c23-19-5-3-18(4-6-19)22(9-10-22)21(28)25-14-16-7-12-26(13-8-16)20(27)17-2-1-11-24-15-17/h1-6,11,15-16H,7-10,12-14H2,(H,25,28). The summed E-state index contributed by atoms with van der Waals surface area (Å²) in [5.74, 6) is 0.135. The molecule has 1 saturated heterocycles. The van der Waals surface area contributed by atoms with Crippen LogP contribution in [0.25, 0.3) is 0 Å². The summed E-state index contributed by atoms with van der Waals surface area (Å²) in [6.07, 6.45) is 6.61. The Balaban J connectivity index is 1.27. The third-order valence-corrected chi connectivity index (χ3v) is 5.94. The van der Waals surface area contributed by atoms with Crippen LogP contribution in [0.2, 0.25) is 0 Å². The van der Waals surface area contributed by atoms with Crippen LogP contribution in [0.3, 0.4) is 0 Å². The van der Waals surface area contributed by atoms with Crippen molar-refractivity contribution in [1.29, 1.82) is 0 Å². The number of carbonyl (C=O) groups is 2. The van der Waals surface area contributed by atoms with Gasteiger partial charge in [0, 0.05) is 32.0 Å². The van der Waals surface area contributed by atoms with Crippen molar-refractivity contribution in [2.45, 2.75) is 31.1 Å². The van der Waals surface area contributed by atoms with Crippen LogP contribution in [0.15, 0.2) is 48.8 Å². The second kappa shape index (κ2) is 7.70. The van der Waals surface area contributed by atoms with Crippen molar-refractivity contribution in [3.8, 4) is 0 Å². The van der Waals surface area contributed by atoms with E-state index in [0.29, 0.717) is 31.1 Å². The molecule has 4 rings (SSSR count). The van der Waals surface area contributed by atoms with Crippen molar-refractivity contribution >= 4 is 11.8 Å². The summed E-state index contributed by atoms with van der Waals surface area (Å²) in [4.78, 5) is 31.1. The number of hydrogen-bond donors (Lipinski definition) is 1. The van der Waals surface area contributed by atoms with Crippen LogP contribution in [0.4, 0.5) is 4.39 Å². The first-order valence-corrected chi connectivity index (χ1v) is 9.82. The molecule has 0 spiro atoms. The maximum absolute atomic E-state index is 13.2. The largest absolute Gasteiger partial charge is 0.355 e. The highest BCUT2D eigenvalue weighted by atomic mass is 19.1. The summed E-state index contributed by atoms with van der Waals surface area (Å²) in [6, 6.07) is 9.81. The van der Waals surface area contributed by atoms with Gasteiger partial charge in [-0.1, -0.05) is 12.1 Å². The molecule has 1 aliphatic heterocycles. The van der Waals surface area contributed by atoms with E-state index in [1.165, 1.54) is 12.1 Å². The van der Waals surface area contributed by atoms with Crippen molar-refractivity contribution in [3.63, 3.8) is 0 Å². The third-order valence-electron chi connectivity index (χ3n) is 5.94. The number of aromatic nitrogens is 1. The Hall–Kier alpha value is -2.76. The van der Waals surface area contributed by atoms with E-state index in [2.05, 4.69) is 10.3 Å². The molecule has 28 heavy (non-hydrogen) atoms. The topological polar surface area (TPSA) is 62.3 Å². The minimum Gasteiger partial charge on any atom is -0.355 e. The number of nitrogens with one attached hydrogen (secondary N) is 1. The SMILES string of the molecule is O=C(c1cccnc1)N1CCC(CNC(=O)C2(c3ccc(F)cc3)CC2)CC1. The van der Waals surface area contributed by atoms with Gasteiger partial charge in [0.2, 0.25) is 5.91 Å². The zero-order valence-electron chi connectivity index (χ0n) is 15.7. The molecule has 2 aliphatic rings. The predicted octanol–water partition coefficient (Wildman–Crippen LogP) is 2.92. The first-order chi connectivity index (χ1) is 13.6. The Kier molecular flexibility index (Phi) is 5.11. The number of benzene rings is 1. The Morgan fingerprint density at radius 3 is 2.46 bits per heavy atom. The average Bonchev–Trinajstić information content (AvgIpc) is 3.55. The Labute approximate surface area is 164 Å². The number of likely N-dealkylation sites (tertiary alicyclic amines) is 1. The number of nitrogens with zero attached hydrogens (tertiary/aromatic N) is 2. The fourth-order valence-corrected chi connectivity index (χ4v) is 3.96. The second-order valence-electron chi connectivity index (χ2n) is 7.78. The monoisotopic (exact) mass is 381 g/mol. The van der Waals surface area contributed by atoms with Gasteiger partial charge >= 0.3 is 0 Å². The zero-order valence-corrected chi connectivity index (χ0v) is 15.7. The van der Waals surface area contributed by atoms with Crippen molar-refractivity contribution in [3.05, 3.63) is 65.7 Å².